The fraction of sp³-hybridized carbons (Fsp3) is 0.455. The summed E-state index contributed by atoms with van der Waals surface area (Å²) in [5, 5.41) is 0.653. The molecular formula is C22H27ClN4O. The van der Waals surface area contributed by atoms with Gasteiger partial charge in [0.05, 0.1) is 0 Å². The quantitative estimate of drug-likeness (QED) is 0.796. The van der Waals surface area contributed by atoms with Gasteiger partial charge in [-0.05, 0) is 49.7 Å². The number of hydrogen-bond acceptors (Lipinski definition) is 4. The highest BCUT2D eigenvalue weighted by Gasteiger charge is 2.43. The van der Waals surface area contributed by atoms with Gasteiger partial charge in [0.2, 0.25) is 0 Å². The largest absolute Gasteiger partial charge is 0.335 e. The first-order chi connectivity index (χ1) is 13.4. The molecule has 0 aliphatic carbocycles. The highest BCUT2D eigenvalue weighted by atomic mass is 35.5. The van der Waals surface area contributed by atoms with Crippen LogP contribution in [0.4, 0.5) is 0 Å². The lowest BCUT2D eigenvalue weighted by Crippen LogP contribution is -2.70. The molecule has 2 fully saturated rings. The van der Waals surface area contributed by atoms with Crippen molar-refractivity contribution in [2.75, 3.05) is 32.7 Å². The fourth-order valence-corrected chi connectivity index (χ4v) is 4.70. The van der Waals surface area contributed by atoms with Gasteiger partial charge in [-0.3, -0.25) is 19.6 Å². The number of amides is 1. The SMILES string of the molecule is CC1(C)CN(C(=O)c2ccc(Cl)cc2)C[C@@H]2CN(Cc3cccnc3)CCN21. The third kappa shape index (κ3) is 4.07. The normalized spacial score (nSPS) is 22.7. The van der Waals surface area contributed by atoms with Crippen molar-refractivity contribution in [2.24, 2.45) is 0 Å². The van der Waals surface area contributed by atoms with Crippen molar-refractivity contribution in [1.29, 1.82) is 0 Å². The molecule has 2 aliphatic heterocycles. The molecule has 1 aromatic heterocycles. The number of rotatable bonds is 3. The summed E-state index contributed by atoms with van der Waals surface area (Å²) in [6, 6.07) is 11.7. The van der Waals surface area contributed by atoms with Gasteiger partial charge < -0.3 is 4.90 Å². The van der Waals surface area contributed by atoms with Gasteiger partial charge in [-0.15, -0.1) is 0 Å². The van der Waals surface area contributed by atoms with Crippen LogP contribution in [0.3, 0.4) is 0 Å². The molecule has 2 saturated heterocycles. The summed E-state index contributed by atoms with van der Waals surface area (Å²) in [4.78, 5) is 24.4. The van der Waals surface area contributed by atoms with Crippen LogP contribution >= 0.6 is 11.6 Å². The lowest BCUT2D eigenvalue weighted by molar-refractivity contribution is -0.0577. The van der Waals surface area contributed by atoms with Gasteiger partial charge in [-0.1, -0.05) is 17.7 Å². The maximum atomic E-state index is 13.1. The van der Waals surface area contributed by atoms with E-state index in [4.69, 9.17) is 11.6 Å². The average molecular weight is 399 g/mol. The highest BCUT2D eigenvalue weighted by molar-refractivity contribution is 6.30. The van der Waals surface area contributed by atoms with Crippen LogP contribution in [0.25, 0.3) is 0 Å². The van der Waals surface area contributed by atoms with Gasteiger partial charge in [0, 0.05) is 73.8 Å². The molecule has 5 nitrogen and oxygen atoms in total. The van der Waals surface area contributed by atoms with Gasteiger partial charge in [0.15, 0.2) is 0 Å². The molecule has 0 spiro atoms. The van der Waals surface area contributed by atoms with Gasteiger partial charge >= 0.3 is 0 Å². The van der Waals surface area contributed by atoms with E-state index in [1.165, 1.54) is 5.56 Å². The fourth-order valence-electron chi connectivity index (χ4n) is 4.57. The van der Waals surface area contributed by atoms with Crippen LogP contribution in [0.5, 0.6) is 0 Å². The second-order valence-corrected chi connectivity index (χ2v) is 8.89. The third-order valence-corrected chi connectivity index (χ3v) is 6.11. The summed E-state index contributed by atoms with van der Waals surface area (Å²) >= 11 is 5.98. The molecule has 0 radical (unpaired) electrons. The lowest BCUT2D eigenvalue weighted by Gasteiger charge is -2.55. The number of halogens is 1. The Balaban J connectivity index is 1.48. The molecule has 28 heavy (non-hydrogen) atoms. The van der Waals surface area contributed by atoms with Gasteiger partial charge in [-0.2, -0.15) is 0 Å². The molecule has 1 atom stereocenters. The van der Waals surface area contributed by atoms with Crippen LogP contribution in [0, 0.1) is 0 Å². The molecule has 2 aliphatic rings. The smallest absolute Gasteiger partial charge is 0.253 e. The summed E-state index contributed by atoms with van der Waals surface area (Å²) in [7, 11) is 0. The second-order valence-electron chi connectivity index (χ2n) is 8.45. The molecule has 0 bridgehead atoms. The van der Waals surface area contributed by atoms with Crippen LogP contribution in [-0.4, -0.2) is 69.9 Å². The number of nitrogens with zero attached hydrogens (tertiary/aromatic N) is 4. The molecule has 3 heterocycles. The summed E-state index contributed by atoms with van der Waals surface area (Å²) in [5.41, 5.74) is 1.91. The summed E-state index contributed by atoms with van der Waals surface area (Å²) in [6.45, 7) is 9.94. The number of benzene rings is 1. The predicted molar refractivity (Wildman–Crippen MR) is 111 cm³/mol. The topological polar surface area (TPSA) is 39.7 Å². The Bertz CT molecular complexity index is 824. The molecule has 0 saturated carbocycles. The zero-order valence-electron chi connectivity index (χ0n) is 16.5. The summed E-state index contributed by atoms with van der Waals surface area (Å²) < 4.78 is 0. The Hall–Kier alpha value is -1.95. The van der Waals surface area contributed by atoms with E-state index in [1.54, 1.807) is 12.1 Å². The number of fused-ring (bicyclic) bond motifs is 1. The first-order valence-electron chi connectivity index (χ1n) is 9.85. The van der Waals surface area contributed by atoms with Gasteiger partial charge in [0.1, 0.15) is 0 Å². The number of hydrogen-bond donors (Lipinski definition) is 0. The van der Waals surface area contributed by atoms with Crippen molar-refractivity contribution in [2.45, 2.75) is 32.0 Å². The lowest BCUT2D eigenvalue weighted by atomic mass is 9.92. The van der Waals surface area contributed by atoms with Crippen molar-refractivity contribution in [3.63, 3.8) is 0 Å². The van der Waals surface area contributed by atoms with Crippen molar-refractivity contribution >= 4 is 17.5 Å². The van der Waals surface area contributed by atoms with Crippen LogP contribution in [0.2, 0.25) is 5.02 Å². The zero-order chi connectivity index (χ0) is 19.7. The molecule has 148 valence electrons. The van der Waals surface area contributed by atoms with Crippen LogP contribution in [-0.2, 0) is 6.54 Å². The Morgan fingerprint density at radius 1 is 1.18 bits per heavy atom. The maximum absolute atomic E-state index is 13.1. The Kier molecular flexibility index (Phi) is 5.41. The van der Waals surface area contributed by atoms with E-state index >= 15 is 0 Å². The van der Waals surface area contributed by atoms with E-state index in [9.17, 15) is 4.79 Å². The molecular weight excluding hydrogens is 372 g/mol. The molecule has 6 heteroatoms. The number of carbonyl (C=O) groups is 1. The Morgan fingerprint density at radius 3 is 2.68 bits per heavy atom. The monoisotopic (exact) mass is 398 g/mol. The molecule has 1 amide bonds. The minimum Gasteiger partial charge on any atom is -0.335 e. The van der Waals surface area contributed by atoms with Crippen molar-refractivity contribution in [3.8, 4) is 0 Å². The first-order valence-corrected chi connectivity index (χ1v) is 10.2. The summed E-state index contributed by atoms with van der Waals surface area (Å²) in [5.74, 6) is 0.0915. The van der Waals surface area contributed by atoms with E-state index < -0.39 is 0 Å². The van der Waals surface area contributed by atoms with Crippen LogP contribution in [0.15, 0.2) is 48.8 Å². The second kappa shape index (κ2) is 7.82. The van der Waals surface area contributed by atoms with Crippen molar-refractivity contribution < 1.29 is 4.79 Å². The van der Waals surface area contributed by atoms with Gasteiger partial charge in [0.25, 0.3) is 5.91 Å². The number of pyridine rings is 1. The van der Waals surface area contributed by atoms with Crippen molar-refractivity contribution in [1.82, 2.24) is 19.7 Å². The molecule has 0 N–H and O–H groups in total. The average Bonchev–Trinajstić information content (AvgIpc) is 2.68. The summed E-state index contributed by atoms with van der Waals surface area (Å²) in [6.07, 6.45) is 3.75. The number of aromatic nitrogens is 1. The zero-order valence-corrected chi connectivity index (χ0v) is 17.3. The van der Waals surface area contributed by atoms with Crippen molar-refractivity contribution in [3.05, 3.63) is 64.9 Å². The molecule has 1 aromatic carbocycles. The van der Waals surface area contributed by atoms with Gasteiger partial charge in [-0.25, -0.2) is 0 Å². The van der Waals surface area contributed by atoms with E-state index in [0.29, 0.717) is 16.6 Å². The molecule has 4 rings (SSSR count). The predicted octanol–water partition coefficient (Wildman–Crippen LogP) is 3.16. The van der Waals surface area contributed by atoms with Crippen LogP contribution in [0.1, 0.15) is 29.8 Å². The number of piperazine rings is 2. The third-order valence-electron chi connectivity index (χ3n) is 5.86. The highest BCUT2D eigenvalue weighted by Crippen LogP contribution is 2.29. The molecule has 2 aromatic rings. The first kappa shape index (κ1) is 19.4. The van der Waals surface area contributed by atoms with E-state index in [2.05, 4.69) is 34.7 Å². The van der Waals surface area contributed by atoms with Crippen LogP contribution < -0.4 is 0 Å². The Labute approximate surface area is 171 Å². The minimum absolute atomic E-state index is 0.0363. The Morgan fingerprint density at radius 2 is 1.96 bits per heavy atom. The minimum atomic E-state index is -0.0363. The van der Waals surface area contributed by atoms with E-state index in [1.807, 2.05) is 35.5 Å². The maximum Gasteiger partial charge on any atom is 0.253 e. The van der Waals surface area contributed by atoms with E-state index in [0.717, 1.165) is 39.3 Å². The number of carbonyl (C=O) groups excluding carboxylic acids is 1. The standard InChI is InChI=1S/C22H27ClN4O/c1-22(2)16-26(21(28)18-5-7-19(23)8-6-18)15-20-14-25(10-11-27(20)22)13-17-4-3-9-24-12-17/h3-9,12,20H,10-11,13-16H2,1-2H3/t20-/m0/s1. The molecule has 0 unspecified atom stereocenters. The van der Waals surface area contributed by atoms with E-state index in [-0.39, 0.29) is 11.4 Å².